The normalized spacial score (nSPS) is 20.3. The summed E-state index contributed by atoms with van der Waals surface area (Å²) in [7, 11) is 0. The minimum Gasteiger partial charge on any atom is -0.457 e. The van der Waals surface area contributed by atoms with Crippen LogP contribution in [0.5, 0.6) is 11.5 Å². The van der Waals surface area contributed by atoms with E-state index in [9.17, 15) is 9.59 Å². The Morgan fingerprint density at radius 1 is 0.903 bits per heavy atom. The van der Waals surface area contributed by atoms with Crippen molar-refractivity contribution in [3.05, 3.63) is 59.2 Å². The number of carbonyl (C=O) groups is 2. The van der Waals surface area contributed by atoms with E-state index in [1.54, 1.807) is 24.3 Å². The molecule has 0 bridgehead atoms. The lowest BCUT2D eigenvalue weighted by Crippen LogP contribution is -2.52. The number of amides is 2. The summed E-state index contributed by atoms with van der Waals surface area (Å²) >= 11 is 0. The summed E-state index contributed by atoms with van der Waals surface area (Å²) in [6, 6.07) is 13.6. The van der Waals surface area contributed by atoms with Crippen LogP contribution in [0, 0.1) is 0 Å². The first-order valence-electron chi connectivity index (χ1n) is 11.3. The lowest BCUT2D eigenvalue weighted by atomic mass is 9.88. The predicted molar refractivity (Wildman–Crippen MR) is 118 cm³/mol. The Morgan fingerprint density at radius 3 is 2.26 bits per heavy atom. The average Bonchev–Trinajstić information content (AvgIpc) is 2.74. The van der Waals surface area contributed by atoms with Crippen molar-refractivity contribution in [2.75, 3.05) is 19.6 Å². The molecule has 6 nitrogen and oxygen atoms in total. The zero-order valence-corrected chi connectivity index (χ0v) is 17.8. The summed E-state index contributed by atoms with van der Waals surface area (Å²) in [5, 5.41) is 0. The fourth-order valence-corrected chi connectivity index (χ4v) is 5.03. The summed E-state index contributed by atoms with van der Waals surface area (Å²) in [5.74, 6) is 1.02. The van der Waals surface area contributed by atoms with Crippen LogP contribution in [0.15, 0.2) is 42.5 Å². The van der Waals surface area contributed by atoms with Crippen LogP contribution in [0.2, 0.25) is 0 Å². The van der Waals surface area contributed by atoms with Crippen LogP contribution < -0.4 is 10.5 Å². The second-order valence-electron chi connectivity index (χ2n) is 8.91. The number of primary amides is 1. The molecule has 162 valence electrons. The van der Waals surface area contributed by atoms with E-state index < -0.39 is 5.91 Å². The first kappa shape index (κ1) is 20.1. The molecule has 0 spiro atoms. The maximum atomic E-state index is 13.2. The second-order valence-corrected chi connectivity index (χ2v) is 8.91. The molecule has 5 rings (SSSR count). The number of carbonyl (C=O) groups excluding carboxylic acids is 2. The van der Waals surface area contributed by atoms with Gasteiger partial charge in [0, 0.05) is 42.8 Å². The van der Waals surface area contributed by atoms with Crippen molar-refractivity contribution in [1.29, 1.82) is 0 Å². The third kappa shape index (κ3) is 4.04. The SMILES string of the molecule is NC(=O)c1ccc(Oc2ccc3c(c2)CCN(C2CCN(C4CCC4)CC2)C3=O)cc1. The lowest BCUT2D eigenvalue weighted by molar-refractivity contribution is 0.0414. The quantitative estimate of drug-likeness (QED) is 0.804. The molecule has 2 fully saturated rings. The predicted octanol–water partition coefficient (Wildman–Crippen LogP) is 3.59. The van der Waals surface area contributed by atoms with Gasteiger partial charge in [-0.25, -0.2) is 0 Å². The summed E-state index contributed by atoms with van der Waals surface area (Å²) in [4.78, 5) is 29.1. The van der Waals surface area contributed by atoms with E-state index >= 15 is 0 Å². The number of nitrogens with zero attached hydrogens (tertiary/aromatic N) is 2. The molecular formula is C25H29N3O3. The minimum atomic E-state index is -0.461. The number of benzene rings is 2. The Balaban J connectivity index is 1.24. The first-order valence-corrected chi connectivity index (χ1v) is 11.3. The molecule has 2 heterocycles. The Morgan fingerprint density at radius 2 is 1.61 bits per heavy atom. The molecular weight excluding hydrogens is 390 g/mol. The Hall–Kier alpha value is -2.86. The summed E-state index contributed by atoms with van der Waals surface area (Å²) < 4.78 is 5.93. The third-order valence-corrected chi connectivity index (χ3v) is 7.10. The highest BCUT2D eigenvalue weighted by Crippen LogP contribution is 2.32. The molecule has 0 radical (unpaired) electrons. The van der Waals surface area contributed by atoms with Crippen molar-refractivity contribution < 1.29 is 14.3 Å². The van der Waals surface area contributed by atoms with Crippen LogP contribution in [-0.2, 0) is 6.42 Å². The fourth-order valence-electron chi connectivity index (χ4n) is 5.03. The maximum absolute atomic E-state index is 13.2. The van der Waals surface area contributed by atoms with Crippen molar-refractivity contribution in [3.8, 4) is 11.5 Å². The van der Waals surface area contributed by atoms with Crippen molar-refractivity contribution in [3.63, 3.8) is 0 Å². The van der Waals surface area contributed by atoms with Crippen LogP contribution in [0.25, 0.3) is 0 Å². The van der Waals surface area contributed by atoms with Gasteiger partial charge in [-0.1, -0.05) is 6.42 Å². The van der Waals surface area contributed by atoms with Crippen LogP contribution >= 0.6 is 0 Å². The zero-order valence-electron chi connectivity index (χ0n) is 17.8. The van der Waals surface area contributed by atoms with E-state index in [0.717, 1.165) is 56.1 Å². The summed E-state index contributed by atoms with van der Waals surface area (Å²) in [5.41, 5.74) is 7.56. The van der Waals surface area contributed by atoms with Gasteiger partial charge in [-0.05, 0) is 80.1 Å². The largest absolute Gasteiger partial charge is 0.457 e. The maximum Gasteiger partial charge on any atom is 0.254 e. The number of hydrogen-bond acceptors (Lipinski definition) is 4. The first-order chi connectivity index (χ1) is 15.1. The molecule has 3 aliphatic rings. The number of nitrogens with two attached hydrogens (primary N) is 1. The van der Waals surface area contributed by atoms with E-state index in [1.165, 1.54) is 19.3 Å². The van der Waals surface area contributed by atoms with Gasteiger partial charge >= 0.3 is 0 Å². The average molecular weight is 420 g/mol. The lowest BCUT2D eigenvalue weighted by Gasteiger charge is -2.45. The number of hydrogen-bond donors (Lipinski definition) is 1. The minimum absolute atomic E-state index is 0.153. The van der Waals surface area contributed by atoms with Gasteiger partial charge < -0.3 is 20.3 Å². The molecule has 0 aromatic heterocycles. The van der Waals surface area contributed by atoms with Crippen molar-refractivity contribution in [2.24, 2.45) is 5.73 Å². The van der Waals surface area contributed by atoms with Gasteiger partial charge in [0.25, 0.3) is 5.91 Å². The summed E-state index contributed by atoms with van der Waals surface area (Å²) in [6.07, 6.45) is 7.08. The Bertz CT molecular complexity index is 976. The van der Waals surface area contributed by atoms with Gasteiger partial charge in [0.05, 0.1) is 0 Å². The second kappa shape index (κ2) is 8.35. The molecule has 1 aliphatic carbocycles. The van der Waals surface area contributed by atoms with Gasteiger partial charge in [-0.2, -0.15) is 0 Å². The number of rotatable bonds is 5. The molecule has 2 aromatic carbocycles. The fraction of sp³-hybridized carbons (Fsp3) is 0.440. The molecule has 2 aliphatic heterocycles. The molecule has 2 N–H and O–H groups in total. The number of likely N-dealkylation sites (tertiary alicyclic amines) is 1. The van der Waals surface area contributed by atoms with E-state index in [0.29, 0.717) is 23.1 Å². The highest BCUT2D eigenvalue weighted by Gasteiger charge is 2.34. The van der Waals surface area contributed by atoms with Crippen LogP contribution in [0.3, 0.4) is 0 Å². The molecule has 6 heteroatoms. The molecule has 31 heavy (non-hydrogen) atoms. The number of fused-ring (bicyclic) bond motifs is 1. The van der Waals surface area contributed by atoms with Gasteiger partial charge in [0.15, 0.2) is 0 Å². The van der Waals surface area contributed by atoms with E-state index in [4.69, 9.17) is 10.5 Å². The molecule has 2 aromatic rings. The molecule has 1 saturated heterocycles. The van der Waals surface area contributed by atoms with E-state index in [1.807, 2.05) is 18.2 Å². The van der Waals surface area contributed by atoms with Crippen molar-refractivity contribution >= 4 is 11.8 Å². The molecule has 0 atom stereocenters. The number of piperidine rings is 1. The van der Waals surface area contributed by atoms with Crippen LogP contribution in [0.1, 0.15) is 58.4 Å². The van der Waals surface area contributed by atoms with Crippen LogP contribution in [0.4, 0.5) is 0 Å². The zero-order chi connectivity index (χ0) is 21.4. The van der Waals surface area contributed by atoms with Gasteiger partial charge in [-0.3, -0.25) is 9.59 Å². The number of ether oxygens (including phenoxy) is 1. The highest BCUT2D eigenvalue weighted by molar-refractivity contribution is 5.97. The van der Waals surface area contributed by atoms with Gasteiger partial charge in [-0.15, -0.1) is 0 Å². The smallest absolute Gasteiger partial charge is 0.254 e. The van der Waals surface area contributed by atoms with Gasteiger partial charge in [0.1, 0.15) is 11.5 Å². The topological polar surface area (TPSA) is 75.9 Å². The third-order valence-electron chi connectivity index (χ3n) is 7.10. The van der Waals surface area contributed by atoms with Crippen molar-refractivity contribution in [2.45, 2.75) is 50.6 Å². The van der Waals surface area contributed by atoms with Crippen molar-refractivity contribution in [1.82, 2.24) is 9.80 Å². The standard InChI is InChI=1S/C25H29N3O3/c26-24(29)17-4-6-21(7-5-17)31-22-8-9-23-18(16-22)10-15-28(25(23)30)20-11-13-27(14-12-20)19-2-1-3-19/h4-9,16,19-20H,1-3,10-15H2,(H2,26,29). The summed E-state index contributed by atoms with van der Waals surface area (Å²) in [6.45, 7) is 3.01. The van der Waals surface area contributed by atoms with E-state index in [-0.39, 0.29) is 5.91 Å². The molecule has 2 amide bonds. The Kier molecular flexibility index (Phi) is 5.40. The Labute approximate surface area is 183 Å². The monoisotopic (exact) mass is 419 g/mol. The van der Waals surface area contributed by atoms with Gasteiger partial charge in [0.2, 0.25) is 5.91 Å². The molecule has 0 unspecified atom stereocenters. The van der Waals surface area contributed by atoms with E-state index in [2.05, 4.69) is 9.80 Å². The highest BCUT2D eigenvalue weighted by atomic mass is 16.5. The van der Waals surface area contributed by atoms with Crippen LogP contribution in [-0.4, -0.2) is 53.3 Å². The molecule has 1 saturated carbocycles.